The van der Waals surface area contributed by atoms with Crippen LogP contribution in [0.5, 0.6) is 0 Å². The number of rotatable bonds is 4. The average Bonchev–Trinajstić information content (AvgIpc) is 2.38. The van der Waals surface area contributed by atoms with Gasteiger partial charge in [-0.1, -0.05) is 6.07 Å². The fourth-order valence-corrected chi connectivity index (χ4v) is 1.63. The van der Waals surface area contributed by atoms with E-state index < -0.39 is 0 Å². The van der Waals surface area contributed by atoms with Crippen molar-refractivity contribution in [3.8, 4) is 0 Å². The number of hydrogen-bond donors (Lipinski definition) is 1. The molecule has 5 heteroatoms. The maximum Gasteiger partial charge on any atom is 0.293 e. The Morgan fingerprint density at radius 1 is 1.28 bits per heavy atom. The summed E-state index contributed by atoms with van der Waals surface area (Å²) < 4.78 is 1.65. The standard InChI is InChI=1S/C13H16N4O/c1-10(2)17-8-7-15-12(13(17)18)16-9-11-5-3-4-6-14-11/h3-8,10H,9H2,1-2H3,(H,15,16). The number of nitrogens with one attached hydrogen (secondary N) is 1. The number of aromatic nitrogens is 3. The number of hydrogen-bond acceptors (Lipinski definition) is 4. The molecule has 0 spiro atoms. The topological polar surface area (TPSA) is 59.8 Å². The third-order valence-corrected chi connectivity index (χ3v) is 2.59. The quantitative estimate of drug-likeness (QED) is 0.891. The highest BCUT2D eigenvalue weighted by Gasteiger charge is 2.06. The minimum atomic E-state index is -0.108. The molecule has 0 unspecified atom stereocenters. The lowest BCUT2D eigenvalue weighted by Crippen LogP contribution is -2.25. The van der Waals surface area contributed by atoms with E-state index in [-0.39, 0.29) is 11.6 Å². The van der Waals surface area contributed by atoms with Crippen LogP contribution in [0.3, 0.4) is 0 Å². The first-order chi connectivity index (χ1) is 8.68. The summed E-state index contributed by atoms with van der Waals surface area (Å²) in [7, 11) is 0. The molecular weight excluding hydrogens is 228 g/mol. The van der Waals surface area contributed by atoms with Gasteiger partial charge in [0.05, 0.1) is 12.2 Å². The van der Waals surface area contributed by atoms with E-state index in [9.17, 15) is 4.79 Å². The van der Waals surface area contributed by atoms with Gasteiger partial charge in [-0.2, -0.15) is 0 Å². The molecule has 0 aliphatic rings. The van der Waals surface area contributed by atoms with Crippen LogP contribution in [0.15, 0.2) is 41.6 Å². The summed E-state index contributed by atoms with van der Waals surface area (Å²) in [5.41, 5.74) is 0.766. The van der Waals surface area contributed by atoms with Gasteiger partial charge in [-0.15, -0.1) is 0 Å². The van der Waals surface area contributed by atoms with Gasteiger partial charge >= 0.3 is 0 Å². The zero-order chi connectivity index (χ0) is 13.0. The molecule has 94 valence electrons. The van der Waals surface area contributed by atoms with E-state index in [0.29, 0.717) is 12.4 Å². The third kappa shape index (κ3) is 2.74. The second-order valence-electron chi connectivity index (χ2n) is 4.26. The first-order valence-electron chi connectivity index (χ1n) is 5.89. The molecular formula is C13H16N4O. The van der Waals surface area contributed by atoms with Gasteiger partial charge in [-0.05, 0) is 26.0 Å². The Bertz CT molecular complexity index is 563. The second kappa shape index (κ2) is 5.44. The molecule has 0 fully saturated rings. The molecule has 0 saturated carbocycles. The lowest BCUT2D eigenvalue weighted by atomic mass is 10.3. The Hall–Kier alpha value is -2.17. The van der Waals surface area contributed by atoms with Crippen molar-refractivity contribution in [3.05, 3.63) is 52.8 Å². The Kier molecular flexibility index (Phi) is 3.72. The van der Waals surface area contributed by atoms with Crippen LogP contribution in [0.2, 0.25) is 0 Å². The Morgan fingerprint density at radius 3 is 2.78 bits per heavy atom. The van der Waals surface area contributed by atoms with E-state index in [1.165, 1.54) is 0 Å². The van der Waals surface area contributed by atoms with E-state index >= 15 is 0 Å². The molecule has 2 aromatic heterocycles. The summed E-state index contributed by atoms with van der Waals surface area (Å²) in [6.45, 7) is 4.42. The van der Waals surface area contributed by atoms with E-state index in [2.05, 4.69) is 15.3 Å². The summed E-state index contributed by atoms with van der Waals surface area (Å²) in [4.78, 5) is 20.3. The lowest BCUT2D eigenvalue weighted by molar-refractivity contribution is 0.575. The normalized spacial score (nSPS) is 10.6. The van der Waals surface area contributed by atoms with Gasteiger partial charge in [-0.25, -0.2) is 4.98 Å². The Balaban J connectivity index is 2.15. The highest BCUT2D eigenvalue weighted by atomic mass is 16.1. The largest absolute Gasteiger partial charge is 0.360 e. The Morgan fingerprint density at radius 2 is 2.11 bits per heavy atom. The van der Waals surface area contributed by atoms with Crippen molar-refractivity contribution in [3.63, 3.8) is 0 Å². The van der Waals surface area contributed by atoms with Gasteiger partial charge in [-0.3, -0.25) is 9.78 Å². The van der Waals surface area contributed by atoms with Crippen molar-refractivity contribution >= 4 is 5.82 Å². The van der Waals surface area contributed by atoms with E-state index in [1.54, 1.807) is 23.2 Å². The molecule has 18 heavy (non-hydrogen) atoms. The number of nitrogens with zero attached hydrogens (tertiary/aromatic N) is 3. The second-order valence-corrected chi connectivity index (χ2v) is 4.26. The molecule has 0 saturated heterocycles. The van der Waals surface area contributed by atoms with E-state index in [4.69, 9.17) is 0 Å². The van der Waals surface area contributed by atoms with Crippen molar-refractivity contribution in [1.29, 1.82) is 0 Å². The van der Waals surface area contributed by atoms with Crippen LogP contribution in [0.1, 0.15) is 25.6 Å². The van der Waals surface area contributed by atoms with Crippen LogP contribution in [-0.4, -0.2) is 14.5 Å². The summed E-state index contributed by atoms with van der Waals surface area (Å²) in [5, 5.41) is 3.02. The molecule has 0 amide bonds. The van der Waals surface area contributed by atoms with Crippen LogP contribution in [0.4, 0.5) is 5.82 Å². The van der Waals surface area contributed by atoms with Gasteiger partial charge in [0.15, 0.2) is 5.82 Å². The zero-order valence-electron chi connectivity index (χ0n) is 10.5. The van der Waals surface area contributed by atoms with Gasteiger partial charge in [0.25, 0.3) is 5.56 Å². The fourth-order valence-electron chi connectivity index (χ4n) is 1.63. The first kappa shape index (κ1) is 12.3. The van der Waals surface area contributed by atoms with Gasteiger partial charge < -0.3 is 9.88 Å². The predicted octanol–water partition coefficient (Wildman–Crippen LogP) is 1.83. The molecule has 2 heterocycles. The van der Waals surface area contributed by atoms with Crippen LogP contribution in [-0.2, 0) is 6.54 Å². The molecule has 1 N–H and O–H groups in total. The molecule has 0 atom stereocenters. The van der Waals surface area contributed by atoms with Crippen LogP contribution in [0.25, 0.3) is 0 Å². The molecule has 0 bridgehead atoms. The van der Waals surface area contributed by atoms with Crippen molar-refractivity contribution in [1.82, 2.24) is 14.5 Å². The van der Waals surface area contributed by atoms with Crippen LogP contribution in [0, 0.1) is 0 Å². The summed E-state index contributed by atoms with van der Waals surface area (Å²) in [6.07, 6.45) is 5.04. The molecule has 0 radical (unpaired) electrons. The highest BCUT2D eigenvalue weighted by Crippen LogP contribution is 2.03. The van der Waals surface area contributed by atoms with Crippen LogP contribution < -0.4 is 10.9 Å². The molecule has 2 aromatic rings. The van der Waals surface area contributed by atoms with Crippen molar-refractivity contribution in [2.45, 2.75) is 26.4 Å². The Labute approximate surface area is 106 Å². The first-order valence-corrected chi connectivity index (χ1v) is 5.89. The third-order valence-electron chi connectivity index (χ3n) is 2.59. The van der Waals surface area contributed by atoms with Crippen molar-refractivity contribution in [2.24, 2.45) is 0 Å². The monoisotopic (exact) mass is 244 g/mol. The summed E-state index contributed by atoms with van der Waals surface area (Å²) in [5.74, 6) is 0.358. The van der Waals surface area contributed by atoms with Crippen molar-refractivity contribution in [2.75, 3.05) is 5.32 Å². The maximum atomic E-state index is 12.0. The highest BCUT2D eigenvalue weighted by molar-refractivity contribution is 5.31. The van der Waals surface area contributed by atoms with Gasteiger partial charge in [0.1, 0.15) is 0 Å². The molecule has 0 aliphatic carbocycles. The molecule has 5 nitrogen and oxygen atoms in total. The SMILES string of the molecule is CC(C)n1ccnc(NCc2ccccn2)c1=O. The summed E-state index contributed by atoms with van der Waals surface area (Å²) in [6, 6.07) is 5.79. The molecule has 0 aliphatic heterocycles. The van der Waals surface area contributed by atoms with Crippen molar-refractivity contribution < 1.29 is 0 Å². The van der Waals surface area contributed by atoms with E-state index in [0.717, 1.165) is 5.69 Å². The average molecular weight is 244 g/mol. The predicted molar refractivity (Wildman–Crippen MR) is 70.4 cm³/mol. The number of anilines is 1. The summed E-state index contributed by atoms with van der Waals surface area (Å²) >= 11 is 0. The lowest BCUT2D eigenvalue weighted by Gasteiger charge is -2.11. The number of pyridine rings is 1. The van der Waals surface area contributed by atoms with Gasteiger partial charge in [0, 0.05) is 24.6 Å². The van der Waals surface area contributed by atoms with E-state index in [1.807, 2.05) is 32.0 Å². The zero-order valence-corrected chi connectivity index (χ0v) is 10.5. The minimum Gasteiger partial charge on any atom is -0.360 e. The van der Waals surface area contributed by atoms with Crippen LogP contribution >= 0.6 is 0 Å². The fraction of sp³-hybridized carbons (Fsp3) is 0.308. The minimum absolute atomic E-state index is 0.108. The molecule has 2 rings (SSSR count). The smallest absolute Gasteiger partial charge is 0.293 e. The van der Waals surface area contributed by atoms with Gasteiger partial charge in [0.2, 0.25) is 0 Å². The maximum absolute atomic E-state index is 12.0. The molecule has 0 aromatic carbocycles.